The molecule has 1 aliphatic rings. The number of amides is 2. The van der Waals surface area contributed by atoms with Crippen molar-refractivity contribution in [3.05, 3.63) is 52.3 Å². The molecule has 0 spiro atoms. The molecule has 0 aliphatic carbocycles. The summed E-state index contributed by atoms with van der Waals surface area (Å²) in [6.07, 6.45) is -9.97. The van der Waals surface area contributed by atoms with Crippen molar-refractivity contribution in [1.29, 1.82) is 0 Å². The molecule has 1 aliphatic heterocycles. The Morgan fingerprint density at radius 3 is 2.17 bits per heavy atom. The van der Waals surface area contributed by atoms with Crippen molar-refractivity contribution in [2.45, 2.75) is 38.5 Å². The number of nitrogens with one attached hydrogen (secondary N) is 1. The Bertz CT molecular complexity index is 1210. The average Bonchev–Trinajstić information content (AvgIpc) is 3.01. The van der Waals surface area contributed by atoms with Crippen molar-refractivity contribution >= 4 is 22.0 Å². The van der Waals surface area contributed by atoms with E-state index in [1.54, 1.807) is 4.72 Å². The van der Waals surface area contributed by atoms with Crippen LogP contribution in [-0.4, -0.2) is 47.9 Å². The van der Waals surface area contributed by atoms with Gasteiger partial charge in [0, 0.05) is 13.1 Å². The number of carbonyl (C=O) groups excluding carboxylic acids is 2. The molecule has 1 aromatic heterocycles. The molecule has 3 rings (SSSR count). The minimum Gasteiger partial charge on any atom is -0.445 e. The van der Waals surface area contributed by atoms with Crippen molar-refractivity contribution in [2.75, 3.05) is 12.8 Å². The first-order chi connectivity index (χ1) is 16.0. The fourth-order valence-corrected chi connectivity index (χ4v) is 3.73. The predicted octanol–water partition coefficient (Wildman–Crippen LogP) is 3.15. The Kier molecular flexibility index (Phi) is 7.06. The molecule has 16 heteroatoms. The van der Waals surface area contributed by atoms with E-state index in [1.807, 2.05) is 0 Å². The molecule has 0 radical (unpaired) electrons. The second-order valence-corrected chi connectivity index (χ2v) is 9.44. The molecule has 0 unspecified atom stereocenters. The van der Waals surface area contributed by atoms with Crippen molar-refractivity contribution in [3.8, 4) is 0 Å². The lowest BCUT2D eigenvalue weighted by Crippen LogP contribution is -2.31. The summed E-state index contributed by atoms with van der Waals surface area (Å²) in [7, 11) is -3.84. The van der Waals surface area contributed by atoms with Crippen LogP contribution in [0, 0.1) is 0 Å². The predicted molar refractivity (Wildman–Crippen MR) is 106 cm³/mol. The highest BCUT2D eigenvalue weighted by molar-refractivity contribution is 7.89. The summed E-state index contributed by atoms with van der Waals surface area (Å²) in [4.78, 5) is 25.6. The van der Waals surface area contributed by atoms with Gasteiger partial charge in [0.1, 0.15) is 6.61 Å². The SMILES string of the molecule is CS(=O)(=O)NC(=O)c1cc2n(n1)CCCN(C(=O)OCc1cc(C(F)(F)F)cc(C(F)(F)F)c1)C2. The van der Waals surface area contributed by atoms with E-state index in [4.69, 9.17) is 4.74 Å². The van der Waals surface area contributed by atoms with E-state index in [0.29, 0.717) is 24.2 Å². The van der Waals surface area contributed by atoms with Crippen LogP contribution in [0.15, 0.2) is 24.3 Å². The standard InChI is InChI=1S/C19H18F6N4O5S/c1-35(32,33)27-16(30)15-8-14-9-28(3-2-4-29(14)26-15)17(31)34-10-11-5-12(18(20,21)22)7-13(6-11)19(23,24)25/h5-8H,2-4,9-10H2,1H3,(H,27,30). The molecule has 9 nitrogen and oxygen atoms in total. The fraction of sp³-hybridized carbons (Fsp3) is 0.421. The second-order valence-electron chi connectivity index (χ2n) is 7.69. The van der Waals surface area contributed by atoms with Gasteiger partial charge in [-0.3, -0.25) is 9.48 Å². The third-order valence-electron chi connectivity index (χ3n) is 4.79. The second kappa shape index (κ2) is 9.39. The molecule has 0 atom stereocenters. The number of sulfonamides is 1. The Morgan fingerprint density at radius 2 is 1.63 bits per heavy atom. The molecule has 0 saturated heterocycles. The van der Waals surface area contributed by atoms with Gasteiger partial charge < -0.3 is 9.64 Å². The third-order valence-corrected chi connectivity index (χ3v) is 5.35. The number of halogens is 6. The van der Waals surface area contributed by atoms with Gasteiger partial charge in [-0.25, -0.2) is 17.9 Å². The van der Waals surface area contributed by atoms with Gasteiger partial charge >= 0.3 is 18.4 Å². The van der Waals surface area contributed by atoms with E-state index in [9.17, 15) is 44.3 Å². The Balaban J connectivity index is 1.73. The fourth-order valence-electron chi connectivity index (χ4n) is 3.29. The zero-order valence-corrected chi connectivity index (χ0v) is 18.7. The largest absolute Gasteiger partial charge is 0.445 e. The number of carbonyl (C=O) groups is 2. The molecular weight excluding hydrogens is 510 g/mol. The first-order valence-corrected chi connectivity index (χ1v) is 11.7. The first kappa shape index (κ1) is 26.3. The van der Waals surface area contributed by atoms with Crippen LogP contribution in [0.1, 0.15) is 39.3 Å². The smallest absolute Gasteiger partial charge is 0.416 e. The molecule has 0 saturated carbocycles. The number of rotatable bonds is 4. The van der Waals surface area contributed by atoms with E-state index < -0.39 is 57.7 Å². The maximum absolute atomic E-state index is 13.0. The van der Waals surface area contributed by atoms with Crippen LogP contribution in [0.5, 0.6) is 0 Å². The molecule has 1 aromatic carbocycles. The summed E-state index contributed by atoms with van der Waals surface area (Å²) >= 11 is 0. The summed E-state index contributed by atoms with van der Waals surface area (Å²) in [5.41, 5.74) is -3.44. The van der Waals surface area contributed by atoms with E-state index in [-0.39, 0.29) is 31.4 Å². The molecule has 2 heterocycles. The Hall–Kier alpha value is -3.30. The number of hydrogen-bond acceptors (Lipinski definition) is 6. The summed E-state index contributed by atoms with van der Waals surface area (Å²) in [6.45, 7) is -0.602. The lowest BCUT2D eigenvalue weighted by Gasteiger charge is -2.20. The Morgan fingerprint density at radius 1 is 1.03 bits per heavy atom. The number of ether oxygens (including phenoxy) is 1. The summed E-state index contributed by atoms with van der Waals surface area (Å²) in [6, 6.07) is 2.16. The Labute approximate surface area is 194 Å². The maximum Gasteiger partial charge on any atom is 0.416 e. The summed E-state index contributed by atoms with van der Waals surface area (Å²) in [5.74, 6) is -0.979. The number of benzene rings is 1. The van der Waals surface area contributed by atoms with Gasteiger partial charge in [-0.15, -0.1) is 0 Å². The van der Waals surface area contributed by atoms with Crippen LogP contribution in [0.25, 0.3) is 0 Å². The zero-order chi connectivity index (χ0) is 26.2. The molecule has 192 valence electrons. The lowest BCUT2D eigenvalue weighted by atomic mass is 10.1. The van der Waals surface area contributed by atoms with Gasteiger partial charge in [0.05, 0.1) is 29.6 Å². The van der Waals surface area contributed by atoms with Crippen LogP contribution < -0.4 is 4.72 Å². The van der Waals surface area contributed by atoms with Crippen molar-refractivity contribution < 1.29 is 49.1 Å². The van der Waals surface area contributed by atoms with Crippen LogP contribution in [0.4, 0.5) is 31.1 Å². The average molecular weight is 528 g/mol. The van der Waals surface area contributed by atoms with Crippen molar-refractivity contribution in [1.82, 2.24) is 19.4 Å². The van der Waals surface area contributed by atoms with Gasteiger partial charge in [0.15, 0.2) is 5.69 Å². The molecule has 0 bridgehead atoms. The van der Waals surface area contributed by atoms with Gasteiger partial charge in [-0.2, -0.15) is 31.4 Å². The number of nitrogens with zero attached hydrogens (tertiary/aromatic N) is 3. The van der Waals surface area contributed by atoms with E-state index in [0.717, 1.165) is 11.2 Å². The monoisotopic (exact) mass is 528 g/mol. The van der Waals surface area contributed by atoms with Gasteiger partial charge in [-0.1, -0.05) is 0 Å². The van der Waals surface area contributed by atoms with Crippen LogP contribution in [-0.2, 0) is 46.8 Å². The highest BCUT2D eigenvalue weighted by atomic mass is 32.2. The van der Waals surface area contributed by atoms with Gasteiger partial charge in [0.25, 0.3) is 5.91 Å². The first-order valence-electron chi connectivity index (χ1n) is 9.82. The number of fused-ring (bicyclic) bond motifs is 1. The van der Waals surface area contributed by atoms with Gasteiger partial charge in [0.2, 0.25) is 10.0 Å². The minimum absolute atomic E-state index is 0.0290. The number of hydrogen-bond donors (Lipinski definition) is 1. The normalized spacial score (nSPS) is 14.8. The van der Waals surface area contributed by atoms with E-state index in [1.165, 1.54) is 10.7 Å². The third kappa shape index (κ3) is 6.86. The lowest BCUT2D eigenvalue weighted by molar-refractivity contribution is -0.143. The van der Waals surface area contributed by atoms with Gasteiger partial charge in [-0.05, 0) is 36.2 Å². The zero-order valence-electron chi connectivity index (χ0n) is 17.9. The maximum atomic E-state index is 13.0. The topological polar surface area (TPSA) is 111 Å². The molecular formula is C19H18F6N4O5S. The molecule has 1 N–H and O–H groups in total. The van der Waals surface area contributed by atoms with Crippen LogP contribution >= 0.6 is 0 Å². The van der Waals surface area contributed by atoms with Crippen LogP contribution in [0.3, 0.4) is 0 Å². The van der Waals surface area contributed by atoms with E-state index in [2.05, 4.69) is 5.10 Å². The van der Waals surface area contributed by atoms with Crippen molar-refractivity contribution in [3.63, 3.8) is 0 Å². The summed E-state index contributed by atoms with van der Waals surface area (Å²) < 4.78 is 109. The van der Waals surface area contributed by atoms with Crippen LogP contribution in [0.2, 0.25) is 0 Å². The molecule has 35 heavy (non-hydrogen) atoms. The highest BCUT2D eigenvalue weighted by Crippen LogP contribution is 2.36. The molecule has 2 amide bonds. The number of aromatic nitrogens is 2. The number of aryl methyl sites for hydroxylation is 1. The molecule has 0 fully saturated rings. The number of alkyl halides is 6. The highest BCUT2D eigenvalue weighted by Gasteiger charge is 2.37. The quantitative estimate of drug-likeness (QED) is 0.611. The van der Waals surface area contributed by atoms with E-state index >= 15 is 0 Å². The minimum atomic E-state index is -5.04. The van der Waals surface area contributed by atoms with Crippen molar-refractivity contribution in [2.24, 2.45) is 0 Å². The molecule has 2 aromatic rings. The summed E-state index contributed by atoms with van der Waals surface area (Å²) in [5, 5.41) is 4.00.